The van der Waals surface area contributed by atoms with Crippen LogP contribution in [0.25, 0.3) is 0 Å². The molecule has 9 heteroatoms. The van der Waals surface area contributed by atoms with Gasteiger partial charge in [-0.3, -0.25) is 14.4 Å². The highest BCUT2D eigenvalue weighted by atomic mass is 19.1. The van der Waals surface area contributed by atoms with Crippen molar-refractivity contribution in [2.24, 2.45) is 0 Å². The zero-order chi connectivity index (χ0) is 16.9. The summed E-state index contributed by atoms with van der Waals surface area (Å²) in [5.41, 5.74) is 0. The van der Waals surface area contributed by atoms with E-state index in [-0.39, 0.29) is 0 Å². The third kappa shape index (κ3) is 4.63. The third-order valence-corrected chi connectivity index (χ3v) is 2.88. The minimum Gasteiger partial charge on any atom is -0.456 e. The van der Waals surface area contributed by atoms with E-state index in [0.29, 0.717) is 0 Å². The molecule has 1 fully saturated rings. The molecule has 126 valence electrons. The van der Waals surface area contributed by atoms with Crippen LogP contribution in [-0.4, -0.2) is 62.4 Å². The number of carbonyl (C=O) groups is 3. The minimum atomic E-state index is -1.26. The molecule has 1 aliphatic heterocycles. The largest absolute Gasteiger partial charge is 0.456 e. The Morgan fingerprint density at radius 2 is 1.36 bits per heavy atom. The second-order valence-electron chi connectivity index (χ2n) is 4.66. The van der Waals surface area contributed by atoms with E-state index in [2.05, 4.69) is 0 Å². The first-order valence-corrected chi connectivity index (χ1v) is 6.56. The number of alkyl halides is 1. The molecule has 0 saturated carbocycles. The maximum Gasteiger partial charge on any atom is 0.303 e. The number of hydrogen-bond donors (Lipinski definition) is 0. The Bertz CT molecular complexity index is 396. The molecule has 0 amide bonds. The van der Waals surface area contributed by atoms with E-state index in [1.54, 1.807) is 0 Å². The van der Waals surface area contributed by atoms with Crippen molar-refractivity contribution in [3.8, 4) is 0 Å². The SMILES string of the molecule is CO[C@@H]1O[C@@H](CF)[C@H](OC(C)=O)[C@@H](OC(C)=O)[C@@H]1OC(C)=O. The summed E-state index contributed by atoms with van der Waals surface area (Å²) in [5, 5.41) is 0. The molecule has 0 N–H and O–H groups in total. The fourth-order valence-electron chi connectivity index (χ4n) is 2.17. The molecule has 1 saturated heterocycles. The third-order valence-electron chi connectivity index (χ3n) is 2.88. The van der Waals surface area contributed by atoms with E-state index in [9.17, 15) is 18.8 Å². The zero-order valence-electron chi connectivity index (χ0n) is 12.7. The van der Waals surface area contributed by atoms with Crippen LogP contribution in [0.3, 0.4) is 0 Å². The molecule has 0 aromatic heterocycles. The van der Waals surface area contributed by atoms with Gasteiger partial charge in [-0.05, 0) is 0 Å². The van der Waals surface area contributed by atoms with Gasteiger partial charge in [-0.1, -0.05) is 0 Å². The van der Waals surface area contributed by atoms with Crippen molar-refractivity contribution in [3.05, 3.63) is 0 Å². The van der Waals surface area contributed by atoms with Gasteiger partial charge in [-0.15, -0.1) is 0 Å². The van der Waals surface area contributed by atoms with Crippen LogP contribution in [0.5, 0.6) is 0 Å². The molecule has 22 heavy (non-hydrogen) atoms. The number of esters is 3. The zero-order valence-corrected chi connectivity index (χ0v) is 12.7. The highest BCUT2D eigenvalue weighted by Gasteiger charge is 2.52. The van der Waals surface area contributed by atoms with Gasteiger partial charge in [0.1, 0.15) is 12.8 Å². The molecule has 1 aliphatic rings. The van der Waals surface area contributed by atoms with E-state index in [0.717, 1.165) is 20.8 Å². The summed E-state index contributed by atoms with van der Waals surface area (Å²) in [5.74, 6) is -2.12. The number of halogens is 1. The second-order valence-corrected chi connectivity index (χ2v) is 4.66. The van der Waals surface area contributed by atoms with Crippen molar-refractivity contribution >= 4 is 17.9 Å². The molecule has 1 heterocycles. The molecule has 0 spiro atoms. The molecule has 0 aromatic carbocycles. The van der Waals surface area contributed by atoms with Crippen molar-refractivity contribution in [2.45, 2.75) is 51.5 Å². The van der Waals surface area contributed by atoms with Crippen LogP contribution < -0.4 is 0 Å². The van der Waals surface area contributed by atoms with Crippen molar-refractivity contribution in [3.63, 3.8) is 0 Å². The minimum absolute atomic E-state index is 0.687. The van der Waals surface area contributed by atoms with Gasteiger partial charge in [-0.2, -0.15) is 0 Å². The number of carbonyl (C=O) groups excluding carboxylic acids is 3. The quantitative estimate of drug-likeness (QED) is 0.520. The molecule has 1 rings (SSSR count). The number of ether oxygens (including phenoxy) is 5. The summed E-state index contributed by atoms with van der Waals surface area (Å²) in [7, 11) is 1.26. The lowest BCUT2D eigenvalue weighted by molar-refractivity contribution is -0.299. The van der Waals surface area contributed by atoms with Crippen LogP contribution in [-0.2, 0) is 38.1 Å². The average molecular weight is 322 g/mol. The van der Waals surface area contributed by atoms with E-state index in [1.165, 1.54) is 7.11 Å². The van der Waals surface area contributed by atoms with E-state index in [1.807, 2.05) is 0 Å². The molecular formula is C13H19FO8. The molecule has 8 nitrogen and oxygen atoms in total. The molecule has 0 radical (unpaired) electrons. The molecule has 0 bridgehead atoms. The Kier molecular flexibility index (Phi) is 6.69. The van der Waals surface area contributed by atoms with Gasteiger partial charge >= 0.3 is 17.9 Å². The highest BCUT2D eigenvalue weighted by Crippen LogP contribution is 2.29. The van der Waals surface area contributed by atoms with Crippen LogP contribution in [0, 0.1) is 0 Å². The molecular weight excluding hydrogens is 303 g/mol. The maximum absolute atomic E-state index is 13.2. The first-order valence-electron chi connectivity index (χ1n) is 6.56. The van der Waals surface area contributed by atoms with Crippen molar-refractivity contribution in [1.82, 2.24) is 0 Å². The topological polar surface area (TPSA) is 97.4 Å². The smallest absolute Gasteiger partial charge is 0.303 e. The van der Waals surface area contributed by atoms with Crippen LogP contribution in [0.1, 0.15) is 20.8 Å². The number of rotatable bonds is 5. The first-order chi connectivity index (χ1) is 10.3. The molecule has 0 aliphatic carbocycles. The summed E-state index contributed by atoms with van der Waals surface area (Å²) in [4.78, 5) is 33.7. The molecule has 0 aromatic rings. The predicted octanol–water partition coefficient (Wildman–Crippen LogP) is 0.122. The number of methoxy groups -OCH3 is 1. The van der Waals surface area contributed by atoms with Crippen LogP contribution in [0.4, 0.5) is 4.39 Å². The highest BCUT2D eigenvalue weighted by molar-refractivity contribution is 5.68. The number of hydrogen-bond acceptors (Lipinski definition) is 8. The Balaban J connectivity index is 3.14. The second kappa shape index (κ2) is 8.04. The van der Waals surface area contributed by atoms with Gasteiger partial charge in [0.2, 0.25) is 0 Å². The fraction of sp³-hybridized carbons (Fsp3) is 0.769. The summed E-state index contributed by atoms with van der Waals surface area (Å²) in [6.45, 7) is 2.36. The normalized spacial score (nSPS) is 31.2. The lowest BCUT2D eigenvalue weighted by Crippen LogP contribution is -2.62. The lowest BCUT2D eigenvalue weighted by atomic mass is 9.98. The van der Waals surface area contributed by atoms with E-state index < -0.39 is 55.3 Å². The van der Waals surface area contributed by atoms with Gasteiger partial charge < -0.3 is 23.7 Å². The van der Waals surface area contributed by atoms with Gasteiger partial charge in [0, 0.05) is 27.9 Å². The Hall–Kier alpha value is -1.74. The van der Waals surface area contributed by atoms with E-state index >= 15 is 0 Å². The van der Waals surface area contributed by atoms with Crippen LogP contribution >= 0.6 is 0 Å². The van der Waals surface area contributed by atoms with Gasteiger partial charge in [0.25, 0.3) is 0 Å². The van der Waals surface area contributed by atoms with Crippen molar-refractivity contribution < 1.29 is 42.5 Å². The summed E-state index contributed by atoms with van der Waals surface area (Å²) in [6.07, 6.45) is -6.09. The van der Waals surface area contributed by atoms with Gasteiger partial charge in [-0.25, -0.2) is 4.39 Å². The standard InChI is InChI=1S/C13H19FO8/c1-6(15)19-10-9(5-14)22-13(18-4)12(21-8(3)17)11(10)20-7(2)16/h9-13H,5H2,1-4H3/t9-,10-,11+,12-,13+/m0/s1. The van der Waals surface area contributed by atoms with Gasteiger partial charge in [0.05, 0.1) is 0 Å². The summed E-state index contributed by atoms with van der Waals surface area (Å²) >= 11 is 0. The summed E-state index contributed by atoms with van der Waals surface area (Å²) < 4.78 is 38.5. The van der Waals surface area contributed by atoms with Crippen molar-refractivity contribution in [1.29, 1.82) is 0 Å². The van der Waals surface area contributed by atoms with Crippen molar-refractivity contribution in [2.75, 3.05) is 13.8 Å². The fourth-order valence-corrected chi connectivity index (χ4v) is 2.17. The van der Waals surface area contributed by atoms with E-state index in [4.69, 9.17) is 23.7 Å². The molecule has 5 atom stereocenters. The average Bonchev–Trinajstić information content (AvgIpc) is 2.41. The van der Waals surface area contributed by atoms with Crippen LogP contribution in [0.2, 0.25) is 0 Å². The first kappa shape index (κ1) is 18.3. The Labute approximate surface area is 126 Å². The van der Waals surface area contributed by atoms with Gasteiger partial charge in [0.15, 0.2) is 24.6 Å². The lowest BCUT2D eigenvalue weighted by Gasteiger charge is -2.43. The predicted molar refractivity (Wildman–Crippen MR) is 68.3 cm³/mol. The Morgan fingerprint density at radius 3 is 1.77 bits per heavy atom. The monoisotopic (exact) mass is 322 g/mol. The maximum atomic E-state index is 13.2. The Morgan fingerprint density at radius 1 is 0.909 bits per heavy atom. The van der Waals surface area contributed by atoms with Crippen LogP contribution in [0.15, 0.2) is 0 Å². The summed E-state index contributed by atoms with van der Waals surface area (Å²) in [6, 6.07) is 0. The molecule has 0 unspecified atom stereocenters.